The van der Waals surface area contributed by atoms with Gasteiger partial charge in [-0.25, -0.2) is 4.79 Å². The zero-order valence-corrected chi connectivity index (χ0v) is 17.5. The van der Waals surface area contributed by atoms with Crippen molar-refractivity contribution < 1.29 is 22.9 Å². The Kier molecular flexibility index (Phi) is 6.42. The number of aryl methyl sites for hydroxylation is 2. The van der Waals surface area contributed by atoms with E-state index in [9.17, 15) is 23.3 Å². The van der Waals surface area contributed by atoms with Crippen LogP contribution in [0.1, 0.15) is 46.7 Å². The first-order chi connectivity index (χ1) is 13.5. The molecule has 0 fully saturated rings. The van der Waals surface area contributed by atoms with Gasteiger partial charge in [0.15, 0.2) is 0 Å². The van der Waals surface area contributed by atoms with Gasteiger partial charge in [0.2, 0.25) is 0 Å². The minimum Gasteiger partial charge on any atom is -0.462 e. The van der Waals surface area contributed by atoms with Crippen LogP contribution in [-0.4, -0.2) is 36.6 Å². The maximum absolute atomic E-state index is 12.5. The Hall–Kier alpha value is -3.21. The molecule has 2 rings (SSSR count). The number of hydrazone groups is 1. The van der Waals surface area contributed by atoms with Crippen LogP contribution >= 0.6 is 0 Å². The lowest BCUT2D eigenvalue weighted by atomic mass is 10.1. The van der Waals surface area contributed by atoms with Crippen molar-refractivity contribution in [1.82, 2.24) is 9.82 Å². The minimum atomic E-state index is -4.12. The van der Waals surface area contributed by atoms with E-state index < -0.39 is 20.9 Å². The Morgan fingerprint density at radius 1 is 1.31 bits per heavy atom. The molecule has 0 atom stereocenters. The molecule has 29 heavy (non-hydrogen) atoms. The van der Waals surface area contributed by atoms with Gasteiger partial charge in [-0.15, -0.1) is 0 Å². The van der Waals surface area contributed by atoms with Crippen molar-refractivity contribution in [2.45, 2.75) is 39.5 Å². The van der Waals surface area contributed by atoms with E-state index in [0.29, 0.717) is 28.1 Å². The number of nitrogens with one attached hydrogen (secondary N) is 2. The number of aromatic amines is 1. The largest absolute Gasteiger partial charge is 0.462 e. The molecule has 0 unspecified atom stereocenters. The number of H-pyrrole nitrogens is 1. The molecule has 1 heterocycles. The molecule has 10 nitrogen and oxygen atoms in total. The predicted octanol–water partition coefficient (Wildman–Crippen LogP) is 2.73. The standard InChI is InChI=1S/C18H22N4O6S/c1-6-28-18(23)16-11(3)17(19-12(16)4)13(5)20-21-29(26,27)14-8-7-10(2)15(9-14)22(24)25/h7-9,19,21H,6H2,1-5H3/b20-13+. The van der Waals surface area contributed by atoms with Crippen molar-refractivity contribution in [3.05, 3.63) is 56.4 Å². The van der Waals surface area contributed by atoms with Gasteiger partial charge in [-0.3, -0.25) is 10.1 Å². The molecule has 0 radical (unpaired) electrons. The highest BCUT2D eigenvalue weighted by molar-refractivity contribution is 7.89. The maximum atomic E-state index is 12.5. The number of aromatic nitrogens is 1. The number of nitrogens with zero attached hydrogens (tertiary/aromatic N) is 2. The van der Waals surface area contributed by atoms with Crippen molar-refractivity contribution in [1.29, 1.82) is 0 Å². The van der Waals surface area contributed by atoms with E-state index in [0.717, 1.165) is 6.07 Å². The molecule has 0 saturated carbocycles. The van der Waals surface area contributed by atoms with Crippen LogP contribution in [0.3, 0.4) is 0 Å². The van der Waals surface area contributed by atoms with E-state index >= 15 is 0 Å². The second kappa shape index (κ2) is 8.43. The predicted molar refractivity (Wildman–Crippen MR) is 107 cm³/mol. The summed E-state index contributed by atoms with van der Waals surface area (Å²) in [5, 5.41) is 14.9. The molecule has 1 aromatic carbocycles. The van der Waals surface area contributed by atoms with Crippen molar-refractivity contribution >= 4 is 27.4 Å². The summed E-state index contributed by atoms with van der Waals surface area (Å²) in [4.78, 5) is 27.3. The highest BCUT2D eigenvalue weighted by Crippen LogP contribution is 2.23. The molecule has 0 saturated heterocycles. The van der Waals surface area contributed by atoms with Crippen LogP contribution in [0.5, 0.6) is 0 Å². The lowest BCUT2D eigenvalue weighted by molar-refractivity contribution is -0.385. The van der Waals surface area contributed by atoms with Gasteiger partial charge in [0, 0.05) is 17.3 Å². The summed E-state index contributed by atoms with van der Waals surface area (Å²) < 4.78 is 30.0. The van der Waals surface area contributed by atoms with Crippen LogP contribution in [0.2, 0.25) is 0 Å². The summed E-state index contributed by atoms with van der Waals surface area (Å²) in [6.07, 6.45) is 0. The number of ether oxygens (including phenoxy) is 1. The number of hydrogen-bond acceptors (Lipinski definition) is 7. The first-order valence-corrected chi connectivity index (χ1v) is 10.2. The summed E-state index contributed by atoms with van der Waals surface area (Å²) in [5.74, 6) is -0.481. The lowest BCUT2D eigenvalue weighted by Crippen LogP contribution is -2.20. The molecule has 0 amide bonds. The molecule has 0 aliphatic carbocycles. The molecule has 0 spiro atoms. The van der Waals surface area contributed by atoms with Crippen molar-refractivity contribution in [3.8, 4) is 0 Å². The third kappa shape index (κ3) is 4.62. The van der Waals surface area contributed by atoms with Gasteiger partial charge in [0.25, 0.3) is 15.7 Å². The molecule has 2 aromatic rings. The fraction of sp³-hybridized carbons (Fsp3) is 0.333. The van der Waals surface area contributed by atoms with E-state index in [1.54, 1.807) is 27.7 Å². The number of rotatable bonds is 7. The summed E-state index contributed by atoms with van der Waals surface area (Å²) >= 11 is 0. The van der Waals surface area contributed by atoms with E-state index in [1.165, 1.54) is 19.1 Å². The molecule has 1 aromatic heterocycles. The zero-order chi connectivity index (χ0) is 21.9. The average Bonchev–Trinajstić information content (AvgIpc) is 2.94. The number of nitro benzene ring substituents is 1. The average molecular weight is 422 g/mol. The molecule has 0 bridgehead atoms. The quantitative estimate of drug-likeness (QED) is 0.304. The first kappa shape index (κ1) is 22.1. The molecule has 2 N–H and O–H groups in total. The fourth-order valence-corrected chi connectivity index (χ4v) is 3.69. The number of carbonyl (C=O) groups excluding carboxylic acids is 1. The van der Waals surface area contributed by atoms with Gasteiger partial charge in [-0.2, -0.15) is 18.4 Å². The fourth-order valence-electron chi connectivity index (χ4n) is 2.81. The van der Waals surface area contributed by atoms with Crippen LogP contribution < -0.4 is 4.83 Å². The number of esters is 1. The van der Waals surface area contributed by atoms with Crippen molar-refractivity contribution in [2.75, 3.05) is 6.61 Å². The molecule has 11 heteroatoms. The highest BCUT2D eigenvalue weighted by Gasteiger charge is 2.22. The van der Waals surface area contributed by atoms with E-state index in [4.69, 9.17) is 4.74 Å². The Labute approximate surface area is 168 Å². The van der Waals surface area contributed by atoms with Crippen molar-refractivity contribution in [2.24, 2.45) is 5.10 Å². The Balaban J connectivity index is 2.34. The molecular formula is C18H22N4O6S. The number of sulfonamides is 1. The molecule has 156 valence electrons. The lowest BCUT2D eigenvalue weighted by Gasteiger charge is -2.06. The topological polar surface area (TPSA) is 144 Å². The smallest absolute Gasteiger partial charge is 0.340 e. The summed E-state index contributed by atoms with van der Waals surface area (Å²) in [7, 11) is -4.12. The van der Waals surface area contributed by atoms with Crippen LogP contribution in [-0.2, 0) is 14.8 Å². The van der Waals surface area contributed by atoms with Gasteiger partial charge in [0.1, 0.15) is 0 Å². The molecular weight excluding hydrogens is 400 g/mol. The van der Waals surface area contributed by atoms with Crippen LogP contribution in [0.25, 0.3) is 0 Å². The van der Waals surface area contributed by atoms with Crippen LogP contribution in [0.4, 0.5) is 5.69 Å². The third-order valence-electron chi connectivity index (χ3n) is 4.30. The SMILES string of the molecule is CCOC(=O)c1c(C)[nH]c(/C(C)=N/NS(=O)(=O)c2ccc(C)c([N+](=O)[O-])c2)c1C. The Morgan fingerprint density at radius 3 is 2.55 bits per heavy atom. The van der Waals surface area contributed by atoms with Crippen molar-refractivity contribution in [3.63, 3.8) is 0 Å². The third-order valence-corrected chi connectivity index (χ3v) is 5.51. The highest BCUT2D eigenvalue weighted by atomic mass is 32.2. The maximum Gasteiger partial charge on any atom is 0.340 e. The summed E-state index contributed by atoms with van der Waals surface area (Å²) in [6, 6.07) is 3.59. The summed E-state index contributed by atoms with van der Waals surface area (Å²) in [6.45, 7) is 8.41. The second-order valence-electron chi connectivity index (χ2n) is 6.34. The number of benzene rings is 1. The Bertz CT molecular complexity index is 1100. The van der Waals surface area contributed by atoms with Gasteiger partial charge < -0.3 is 9.72 Å². The normalized spacial score (nSPS) is 12.0. The number of carbonyl (C=O) groups is 1. The number of hydrogen-bond donors (Lipinski definition) is 2. The van der Waals surface area contributed by atoms with E-state index in [2.05, 4.69) is 14.9 Å². The zero-order valence-electron chi connectivity index (χ0n) is 16.7. The van der Waals surface area contributed by atoms with Gasteiger partial charge >= 0.3 is 5.97 Å². The van der Waals surface area contributed by atoms with E-state index in [-0.39, 0.29) is 22.9 Å². The van der Waals surface area contributed by atoms with Crippen LogP contribution in [0, 0.1) is 30.9 Å². The Morgan fingerprint density at radius 2 is 1.97 bits per heavy atom. The molecule has 0 aliphatic rings. The second-order valence-corrected chi connectivity index (χ2v) is 8.00. The first-order valence-electron chi connectivity index (χ1n) is 8.67. The monoisotopic (exact) mass is 422 g/mol. The number of nitro groups is 1. The van der Waals surface area contributed by atoms with Gasteiger partial charge in [-0.1, -0.05) is 6.07 Å². The summed E-state index contributed by atoms with van der Waals surface area (Å²) in [5.41, 5.74) is 2.32. The van der Waals surface area contributed by atoms with Gasteiger partial charge in [-0.05, 0) is 46.2 Å². The van der Waals surface area contributed by atoms with Crippen LogP contribution in [0.15, 0.2) is 28.2 Å². The molecule has 0 aliphatic heterocycles. The minimum absolute atomic E-state index is 0.230. The van der Waals surface area contributed by atoms with E-state index in [1.807, 2.05) is 0 Å². The van der Waals surface area contributed by atoms with Gasteiger partial charge in [0.05, 0.1) is 33.4 Å².